The molecule has 0 aliphatic carbocycles. The maximum Gasteiger partial charge on any atom is 0.225 e. The summed E-state index contributed by atoms with van der Waals surface area (Å²) in [5.41, 5.74) is 1.08. The molecule has 114 valence electrons. The van der Waals surface area contributed by atoms with E-state index in [1.807, 2.05) is 36.4 Å². The van der Waals surface area contributed by atoms with E-state index in [2.05, 4.69) is 5.32 Å². The standard InChI is InChI=1S/C17H18N2O3/c20-16-9-14(17(21)18-10-15-7-4-8-22-15)12-19(16)11-13-5-2-1-3-6-13/h1-8,14H,9-12H2,(H,18,21)/t14-/m0/s1. The maximum absolute atomic E-state index is 12.2. The minimum atomic E-state index is -0.286. The van der Waals surface area contributed by atoms with Gasteiger partial charge in [0.25, 0.3) is 0 Å². The van der Waals surface area contributed by atoms with Gasteiger partial charge in [-0.2, -0.15) is 0 Å². The van der Waals surface area contributed by atoms with Gasteiger partial charge in [0.1, 0.15) is 5.76 Å². The summed E-state index contributed by atoms with van der Waals surface area (Å²) in [6.07, 6.45) is 1.85. The molecule has 0 spiro atoms. The van der Waals surface area contributed by atoms with E-state index in [1.165, 1.54) is 0 Å². The van der Waals surface area contributed by atoms with Gasteiger partial charge in [0, 0.05) is 19.5 Å². The Morgan fingerprint density at radius 2 is 2.05 bits per heavy atom. The second kappa shape index (κ2) is 6.47. The normalized spacial score (nSPS) is 17.7. The molecule has 0 bridgehead atoms. The van der Waals surface area contributed by atoms with Crippen LogP contribution in [0.2, 0.25) is 0 Å². The van der Waals surface area contributed by atoms with Crippen LogP contribution in [-0.2, 0) is 22.7 Å². The number of nitrogens with one attached hydrogen (secondary N) is 1. The Morgan fingerprint density at radius 1 is 1.23 bits per heavy atom. The van der Waals surface area contributed by atoms with Gasteiger partial charge < -0.3 is 14.6 Å². The van der Waals surface area contributed by atoms with Crippen LogP contribution in [0.1, 0.15) is 17.7 Å². The number of hydrogen-bond donors (Lipinski definition) is 1. The first-order chi connectivity index (χ1) is 10.7. The summed E-state index contributed by atoms with van der Waals surface area (Å²) in [4.78, 5) is 25.9. The number of carbonyl (C=O) groups is 2. The van der Waals surface area contributed by atoms with E-state index in [1.54, 1.807) is 17.2 Å². The molecule has 2 heterocycles. The lowest BCUT2D eigenvalue weighted by molar-refractivity contribution is -0.129. The fourth-order valence-electron chi connectivity index (χ4n) is 2.64. The fraction of sp³-hybridized carbons (Fsp3) is 0.294. The molecule has 5 nitrogen and oxygen atoms in total. The van der Waals surface area contributed by atoms with Crippen LogP contribution in [0.4, 0.5) is 0 Å². The molecule has 2 amide bonds. The van der Waals surface area contributed by atoms with Gasteiger partial charge in [-0.25, -0.2) is 0 Å². The highest BCUT2D eigenvalue weighted by molar-refractivity contribution is 5.89. The van der Waals surface area contributed by atoms with Crippen LogP contribution in [-0.4, -0.2) is 23.3 Å². The Hall–Kier alpha value is -2.56. The first-order valence-electron chi connectivity index (χ1n) is 7.34. The van der Waals surface area contributed by atoms with Crippen molar-refractivity contribution in [1.82, 2.24) is 10.2 Å². The SMILES string of the molecule is O=C(NCc1ccco1)[C@H]1CC(=O)N(Cc2ccccc2)C1. The summed E-state index contributed by atoms with van der Waals surface area (Å²) in [5, 5.41) is 2.82. The van der Waals surface area contributed by atoms with Crippen LogP contribution in [0, 0.1) is 5.92 Å². The van der Waals surface area contributed by atoms with E-state index in [-0.39, 0.29) is 24.2 Å². The number of amides is 2. The van der Waals surface area contributed by atoms with Crippen molar-refractivity contribution in [3.8, 4) is 0 Å². The molecular formula is C17H18N2O3. The van der Waals surface area contributed by atoms with E-state index in [9.17, 15) is 9.59 Å². The average Bonchev–Trinajstić information content (AvgIpc) is 3.16. The lowest BCUT2D eigenvalue weighted by Gasteiger charge is -2.16. The molecule has 1 aromatic carbocycles. The first-order valence-corrected chi connectivity index (χ1v) is 7.34. The lowest BCUT2D eigenvalue weighted by Crippen LogP contribution is -2.32. The number of carbonyl (C=O) groups excluding carboxylic acids is 2. The Bertz CT molecular complexity index is 637. The Balaban J connectivity index is 1.53. The molecule has 0 unspecified atom stereocenters. The van der Waals surface area contributed by atoms with Crippen molar-refractivity contribution >= 4 is 11.8 Å². The van der Waals surface area contributed by atoms with Crippen molar-refractivity contribution in [3.63, 3.8) is 0 Å². The lowest BCUT2D eigenvalue weighted by atomic mass is 10.1. The molecule has 1 N–H and O–H groups in total. The van der Waals surface area contributed by atoms with E-state index < -0.39 is 0 Å². The summed E-state index contributed by atoms with van der Waals surface area (Å²) in [6, 6.07) is 13.4. The van der Waals surface area contributed by atoms with Crippen LogP contribution in [0.25, 0.3) is 0 Å². The number of furan rings is 1. The summed E-state index contributed by atoms with van der Waals surface area (Å²) in [5.74, 6) is 0.354. The minimum Gasteiger partial charge on any atom is -0.467 e. The van der Waals surface area contributed by atoms with Gasteiger partial charge in [-0.05, 0) is 17.7 Å². The number of rotatable bonds is 5. The van der Waals surface area contributed by atoms with Crippen molar-refractivity contribution in [2.24, 2.45) is 5.92 Å². The van der Waals surface area contributed by atoms with Gasteiger partial charge >= 0.3 is 0 Å². The number of benzene rings is 1. The topological polar surface area (TPSA) is 62.6 Å². The molecule has 1 atom stereocenters. The Labute approximate surface area is 128 Å². The van der Waals surface area contributed by atoms with Crippen LogP contribution < -0.4 is 5.32 Å². The van der Waals surface area contributed by atoms with Crippen LogP contribution in [0.5, 0.6) is 0 Å². The second-order valence-corrected chi connectivity index (χ2v) is 5.46. The third-order valence-electron chi connectivity index (χ3n) is 3.82. The largest absolute Gasteiger partial charge is 0.467 e. The highest BCUT2D eigenvalue weighted by atomic mass is 16.3. The molecule has 1 aliphatic heterocycles. The fourth-order valence-corrected chi connectivity index (χ4v) is 2.64. The first kappa shape index (κ1) is 14.4. The number of nitrogens with zero attached hydrogens (tertiary/aromatic N) is 1. The molecule has 1 aromatic heterocycles. The van der Waals surface area contributed by atoms with E-state index in [0.717, 1.165) is 5.56 Å². The summed E-state index contributed by atoms with van der Waals surface area (Å²) in [6.45, 7) is 1.38. The van der Waals surface area contributed by atoms with Crippen molar-refractivity contribution in [1.29, 1.82) is 0 Å². The summed E-state index contributed by atoms with van der Waals surface area (Å²) >= 11 is 0. The highest BCUT2D eigenvalue weighted by Crippen LogP contribution is 2.20. The van der Waals surface area contributed by atoms with E-state index in [0.29, 0.717) is 25.4 Å². The molecule has 2 aromatic rings. The third-order valence-corrected chi connectivity index (χ3v) is 3.82. The molecule has 0 saturated carbocycles. The summed E-state index contributed by atoms with van der Waals surface area (Å²) in [7, 11) is 0. The molecule has 5 heteroatoms. The quantitative estimate of drug-likeness (QED) is 0.917. The zero-order valence-corrected chi connectivity index (χ0v) is 12.2. The maximum atomic E-state index is 12.2. The molecule has 22 heavy (non-hydrogen) atoms. The zero-order valence-electron chi connectivity index (χ0n) is 12.2. The van der Waals surface area contributed by atoms with Crippen molar-refractivity contribution in [2.45, 2.75) is 19.5 Å². The van der Waals surface area contributed by atoms with E-state index in [4.69, 9.17) is 4.42 Å². The van der Waals surface area contributed by atoms with E-state index >= 15 is 0 Å². The van der Waals surface area contributed by atoms with Gasteiger partial charge in [-0.15, -0.1) is 0 Å². The number of likely N-dealkylation sites (tertiary alicyclic amines) is 1. The van der Waals surface area contributed by atoms with Crippen molar-refractivity contribution in [2.75, 3.05) is 6.54 Å². The molecule has 1 aliphatic rings. The van der Waals surface area contributed by atoms with Gasteiger partial charge in [-0.3, -0.25) is 9.59 Å². The molecule has 3 rings (SSSR count). The van der Waals surface area contributed by atoms with Gasteiger partial charge in [-0.1, -0.05) is 30.3 Å². The predicted octanol–water partition coefficient (Wildman–Crippen LogP) is 1.94. The average molecular weight is 298 g/mol. The summed E-state index contributed by atoms with van der Waals surface area (Å²) < 4.78 is 5.18. The Kier molecular flexibility index (Phi) is 4.23. The van der Waals surface area contributed by atoms with Crippen LogP contribution >= 0.6 is 0 Å². The molecule has 1 saturated heterocycles. The monoisotopic (exact) mass is 298 g/mol. The highest BCUT2D eigenvalue weighted by Gasteiger charge is 2.34. The Morgan fingerprint density at radius 3 is 2.77 bits per heavy atom. The van der Waals surface area contributed by atoms with Crippen molar-refractivity contribution in [3.05, 3.63) is 60.1 Å². The van der Waals surface area contributed by atoms with Crippen molar-refractivity contribution < 1.29 is 14.0 Å². The molecule has 0 radical (unpaired) electrons. The van der Waals surface area contributed by atoms with Gasteiger partial charge in [0.05, 0.1) is 18.7 Å². The van der Waals surface area contributed by atoms with Crippen LogP contribution in [0.3, 0.4) is 0 Å². The van der Waals surface area contributed by atoms with Crippen LogP contribution in [0.15, 0.2) is 53.1 Å². The van der Waals surface area contributed by atoms with Gasteiger partial charge in [0.2, 0.25) is 11.8 Å². The second-order valence-electron chi connectivity index (χ2n) is 5.46. The number of hydrogen-bond acceptors (Lipinski definition) is 3. The third kappa shape index (κ3) is 3.36. The minimum absolute atomic E-state index is 0.0296. The zero-order chi connectivity index (χ0) is 15.4. The molecular weight excluding hydrogens is 280 g/mol. The predicted molar refractivity (Wildman–Crippen MR) is 80.5 cm³/mol. The molecule has 1 fully saturated rings. The van der Waals surface area contributed by atoms with Gasteiger partial charge in [0.15, 0.2) is 0 Å². The smallest absolute Gasteiger partial charge is 0.225 e.